The smallest absolute Gasteiger partial charge is 0.253 e. The number of hydrogen-bond donors (Lipinski definition) is 0. The molecule has 1 saturated heterocycles. The molecule has 2 heterocycles. The molecule has 0 aromatic heterocycles. The number of amides is 1. The van der Waals surface area contributed by atoms with Crippen LogP contribution < -0.4 is 9.47 Å². The van der Waals surface area contributed by atoms with E-state index in [4.69, 9.17) is 9.47 Å². The van der Waals surface area contributed by atoms with Crippen molar-refractivity contribution in [3.8, 4) is 11.5 Å². The number of nitrogens with zero attached hydrogens (tertiary/aromatic N) is 1. The van der Waals surface area contributed by atoms with Crippen molar-refractivity contribution in [1.82, 2.24) is 4.90 Å². The van der Waals surface area contributed by atoms with Crippen LogP contribution in [0.2, 0.25) is 0 Å². The van der Waals surface area contributed by atoms with Gasteiger partial charge in [-0.05, 0) is 42.7 Å². The van der Waals surface area contributed by atoms with E-state index in [0.29, 0.717) is 12.2 Å². The fraction of sp³-hybridized carbons (Fsp3) is 0.286. The Morgan fingerprint density at radius 1 is 1.20 bits per heavy atom. The molecule has 128 valence electrons. The van der Waals surface area contributed by atoms with Crippen molar-refractivity contribution < 1.29 is 14.3 Å². The number of benzene rings is 2. The third kappa shape index (κ3) is 3.00. The minimum Gasteiger partial charge on any atom is -0.497 e. The van der Waals surface area contributed by atoms with E-state index in [9.17, 15) is 4.79 Å². The molecule has 25 heavy (non-hydrogen) atoms. The zero-order chi connectivity index (χ0) is 17.2. The zero-order valence-corrected chi connectivity index (χ0v) is 14.3. The summed E-state index contributed by atoms with van der Waals surface area (Å²) < 4.78 is 11.1. The highest BCUT2D eigenvalue weighted by Crippen LogP contribution is 2.35. The quantitative estimate of drug-likeness (QED) is 0.855. The highest BCUT2D eigenvalue weighted by Gasteiger charge is 2.32. The summed E-state index contributed by atoms with van der Waals surface area (Å²) in [6.45, 7) is 1.11. The lowest BCUT2D eigenvalue weighted by Crippen LogP contribution is -2.34. The number of hydrogen-bond acceptors (Lipinski definition) is 3. The molecule has 1 amide bonds. The summed E-state index contributed by atoms with van der Waals surface area (Å²) in [6.07, 6.45) is 3.95. The van der Waals surface area contributed by atoms with Crippen molar-refractivity contribution in [3.63, 3.8) is 0 Å². The van der Waals surface area contributed by atoms with E-state index in [1.165, 1.54) is 0 Å². The van der Waals surface area contributed by atoms with Crippen LogP contribution >= 0.6 is 0 Å². The van der Waals surface area contributed by atoms with E-state index in [2.05, 4.69) is 6.07 Å². The number of carbonyl (C=O) groups is 1. The number of rotatable bonds is 3. The van der Waals surface area contributed by atoms with Crippen molar-refractivity contribution in [1.29, 1.82) is 0 Å². The van der Waals surface area contributed by atoms with Gasteiger partial charge in [0.05, 0.1) is 18.7 Å². The number of methoxy groups -OCH3 is 1. The Balaban J connectivity index is 1.60. The third-order valence-electron chi connectivity index (χ3n) is 4.90. The lowest BCUT2D eigenvalue weighted by atomic mass is 10.0. The van der Waals surface area contributed by atoms with E-state index in [0.717, 1.165) is 42.0 Å². The van der Waals surface area contributed by atoms with Gasteiger partial charge in [-0.1, -0.05) is 30.3 Å². The second-order valence-electron chi connectivity index (χ2n) is 6.43. The van der Waals surface area contributed by atoms with Gasteiger partial charge in [-0.25, -0.2) is 0 Å². The number of para-hydroxylation sites is 1. The molecule has 4 heteroatoms. The van der Waals surface area contributed by atoms with Crippen LogP contribution in [0.5, 0.6) is 11.5 Å². The first-order valence-corrected chi connectivity index (χ1v) is 8.63. The molecule has 0 bridgehead atoms. The first-order chi connectivity index (χ1) is 12.3. The molecule has 4 rings (SSSR count). The minimum absolute atomic E-state index is 0.0693. The summed E-state index contributed by atoms with van der Waals surface area (Å²) in [5.41, 5.74) is 2.81. The Morgan fingerprint density at radius 2 is 2.08 bits per heavy atom. The van der Waals surface area contributed by atoms with Gasteiger partial charge in [0.25, 0.3) is 5.91 Å². The van der Waals surface area contributed by atoms with Gasteiger partial charge in [0.15, 0.2) is 0 Å². The molecule has 2 aromatic carbocycles. The van der Waals surface area contributed by atoms with Gasteiger partial charge in [-0.3, -0.25) is 4.79 Å². The second-order valence-corrected chi connectivity index (χ2v) is 6.43. The predicted molar refractivity (Wildman–Crippen MR) is 96.6 cm³/mol. The number of ether oxygens (including phenoxy) is 2. The molecule has 2 aliphatic rings. The second kappa shape index (κ2) is 6.63. The lowest BCUT2D eigenvalue weighted by molar-refractivity contribution is -0.128. The average Bonchev–Trinajstić information content (AvgIpc) is 3.17. The van der Waals surface area contributed by atoms with Crippen LogP contribution in [0.1, 0.15) is 30.0 Å². The van der Waals surface area contributed by atoms with Crippen LogP contribution in [0.25, 0.3) is 6.08 Å². The SMILES string of the molecule is COc1cccc(C2CCCN2C(=O)C2=Cc3ccccc3OC2)c1. The van der Waals surface area contributed by atoms with Gasteiger partial charge < -0.3 is 14.4 Å². The van der Waals surface area contributed by atoms with Gasteiger partial charge in [0.1, 0.15) is 18.1 Å². The molecule has 0 saturated carbocycles. The molecule has 2 aromatic rings. The standard InChI is InChI=1S/C21H21NO3/c1-24-18-8-4-7-15(13-18)19-9-5-11-22(19)21(23)17-12-16-6-2-3-10-20(16)25-14-17/h2-4,6-8,10,12-13,19H,5,9,11,14H2,1H3. The maximum absolute atomic E-state index is 13.1. The highest BCUT2D eigenvalue weighted by molar-refractivity contribution is 5.99. The first-order valence-electron chi connectivity index (χ1n) is 8.63. The Labute approximate surface area is 147 Å². The Kier molecular flexibility index (Phi) is 4.18. The highest BCUT2D eigenvalue weighted by atomic mass is 16.5. The third-order valence-corrected chi connectivity index (χ3v) is 4.90. The number of fused-ring (bicyclic) bond motifs is 1. The van der Waals surface area contributed by atoms with Gasteiger partial charge in [-0.2, -0.15) is 0 Å². The maximum Gasteiger partial charge on any atom is 0.253 e. The summed E-state index contributed by atoms with van der Waals surface area (Å²) in [6, 6.07) is 15.9. The monoisotopic (exact) mass is 335 g/mol. The van der Waals surface area contributed by atoms with Crippen molar-refractivity contribution in [2.24, 2.45) is 0 Å². The summed E-state index contributed by atoms with van der Waals surface area (Å²) in [4.78, 5) is 15.1. The molecule has 1 fully saturated rings. The van der Waals surface area contributed by atoms with E-state index in [1.807, 2.05) is 53.4 Å². The fourth-order valence-electron chi connectivity index (χ4n) is 3.63. The first kappa shape index (κ1) is 15.8. The molecular weight excluding hydrogens is 314 g/mol. The van der Waals surface area contributed by atoms with E-state index < -0.39 is 0 Å². The predicted octanol–water partition coefficient (Wildman–Crippen LogP) is 3.83. The summed E-state index contributed by atoms with van der Waals surface area (Å²) in [5, 5.41) is 0. The normalized spacial score (nSPS) is 19.0. The van der Waals surface area contributed by atoms with Crippen LogP contribution in [-0.4, -0.2) is 31.1 Å². The summed E-state index contributed by atoms with van der Waals surface area (Å²) in [5.74, 6) is 1.73. The molecule has 1 unspecified atom stereocenters. The van der Waals surface area contributed by atoms with Crippen LogP contribution in [0, 0.1) is 0 Å². The zero-order valence-electron chi connectivity index (χ0n) is 14.3. The Bertz CT molecular complexity index is 827. The molecule has 0 radical (unpaired) electrons. The topological polar surface area (TPSA) is 38.8 Å². The van der Waals surface area contributed by atoms with Gasteiger partial charge in [0, 0.05) is 12.1 Å². The van der Waals surface area contributed by atoms with Crippen LogP contribution in [0.3, 0.4) is 0 Å². The Hall–Kier alpha value is -2.75. The molecule has 0 spiro atoms. The molecule has 4 nitrogen and oxygen atoms in total. The van der Waals surface area contributed by atoms with Gasteiger partial charge >= 0.3 is 0 Å². The van der Waals surface area contributed by atoms with Crippen molar-refractivity contribution in [2.45, 2.75) is 18.9 Å². The fourth-order valence-corrected chi connectivity index (χ4v) is 3.63. The van der Waals surface area contributed by atoms with Crippen molar-refractivity contribution in [3.05, 3.63) is 65.2 Å². The van der Waals surface area contributed by atoms with E-state index >= 15 is 0 Å². The van der Waals surface area contributed by atoms with Gasteiger partial charge in [-0.15, -0.1) is 0 Å². The molecule has 2 aliphatic heterocycles. The number of carbonyl (C=O) groups excluding carboxylic acids is 1. The van der Waals surface area contributed by atoms with E-state index in [1.54, 1.807) is 7.11 Å². The van der Waals surface area contributed by atoms with Crippen LogP contribution in [0.4, 0.5) is 0 Å². The van der Waals surface area contributed by atoms with Crippen molar-refractivity contribution >= 4 is 12.0 Å². The largest absolute Gasteiger partial charge is 0.497 e. The minimum atomic E-state index is 0.0693. The lowest BCUT2D eigenvalue weighted by Gasteiger charge is -2.28. The molecular formula is C21H21NO3. The number of likely N-dealkylation sites (tertiary alicyclic amines) is 1. The average molecular weight is 335 g/mol. The molecule has 0 N–H and O–H groups in total. The van der Waals surface area contributed by atoms with Crippen LogP contribution in [0.15, 0.2) is 54.1 Å². The van der Waals surface area contributed by atoms with Gasteiger partial charge in [0.2, 0.25) is 0 Å². The molecule has 0 aliphatic carbocycles. The Morgan fingerprint density at radius 3 is 2.96 bits per heavy atom. The van der Waals surface area contributed by atoms with Crippen molar-refractivity contribution in [2.75, 3.05) is 20.3 Å². The van der Waals surface area contributed by atoms with Crippen LogP contribution in [-0.2, 0) is 4.79 Å². The maximum atomic E-state index is 13.1. The summed E-state index contributed by atoms with van der Waals surface area (Å²) >= 11 is 0. The summed E-state index contributed by atoms with van der Waals surface area (Å²) in [7, 11) is 1.66. The molecule has 1 atom stereocenters. The van der Waals surface area contributed by atoms with E-state index in [-0.39, 0.29) is 11.9 Å².